The van der Waals surface area contributed by atoms with Gasteiger partial charge in [-0.1, -0.05) is 11.6 Å². The Morgan fingerprint density at radius 3 is 2.67 bits per heavy atom. The minimum absolute atomic E-state index is 0.170. The normalized spacial score (nSPS) is 10.0. The fourth-order valence-electron chi connectivity index (χ4n) is 1.31. The lowest BCUT2D eigenvalue weighted by Crippen LogP contribution is -2.29. The highest BCUT2D eigenvalue weighted by molar-refractivity contribution is 9.10. The van der Waals surface area contributed by atoms with Crippen LogP contribution in [0.4, 0.5) is 0 Å². The maximum absolute atomic E-state index is 12.0. The molecule has 1 rings (SSSR count). The van der Waals surface area contributed by atoms with Crippen LogP contribution in [-0.4, -0.2) is 37.5 Å². The average Bonchev–Trinajstić information content (AvgIpc) is 2.37. The van der Waals surface area contributed by atoms with Crippen LogP contribution in [0.2, 0.25) is 5.02 Å². The second-order valence-corrected chi connectivity index (χ2v) is 4.94. The lowest BCUT2D eigenvalue weighted by molar-refractivity contribution is -0.140. The van der Waals surface area contributed by atoms with Gasteiger partial charge in [0.1, 0.15) is 0 Å². The number of hydrogen-bond donors (Lipinski definition) is 0. The van der Waals surface area contributed by atoms with Gasteiger partial charge in [-0.15, -0.1) is 0 Å². The van der Waals surface area contributed by atoms with Crippen LogP contribution < -0.4 is 0 Å². The predicted molar refractivity (Wildman–Crippen MR) is 72.7 cm³/mol. The van der Waals surface area contributed by atoms with Crippen LogP contribution in [0.25, 0.3) is 0 Å². The molecule has 0 aliphatic rings. The molecule has 0 bridgehead atoms. The van der Waals surface area contributed by atoms with Crippen molar-refractivity contribution in [2.75, 3.05) is 20.7 Å². The number of benzene rings is 1. The van der Waals surface area contributed by atoms with Crippen molar-refractivity contribution in [3.63, 3.8) is 0 Å². The fraction of sp³-hybridized carbons (Fsp3) is 0.333. The predicted octanol–water partition coefficient (Wildman–Crippen LogP) is 2.74. The van der Waals surface area contributed by atoms with Gasteiger partial charge in [-0.05, 0) is 34.1 Å². The molecule has 1 aromatic rings. The van der Waals surface area contributed by atoms with Gasteiger partial charge < -0.3 is 9.64 Å². The first kappa shape index (κ1) is 15.0. The highest BCUT2D eigenvalue weighted by Gasteiger charge is 2.14. The number of methoxy groups -OCH3 is 1. The number of ether oxygens (including phenoxy) is 1. The highest BCUT2D eigenvalue weighted by Crippen LogP contribution is 2.23. The number of carbonyl (C=O) groups excluding carboxylic acids is 2. The van der Waals surface area contributed by atoms with E-state index in [9.17, 15) is 9.59 Å². The van der Waals surface area contributed by atoms with Gasteiger partial charge in [0.25, 0.3) is 5.91 Å². The standard InChI is InChI=1S/C12H13BrClNO3/c1-15(6-5-11(16)18-2)12(17)8-3-4-9(13)10(14)7-8/h3-4,7H,5-6H2,1-2H3. The number of esters is 1. The van der Waals surface area contributed by atoms with E-state index in [0.29, 0.717) is 17.1 Å². The second kappa shape index (κ2) is 6.75. The number of carbonyl (C=O) groups is 2. The molecule has 1 amide bonds. The van der Waals surface area contributed by atoms with E-state index in [1.165, 1.54) is 12.0 Å². The van der Waals surface area contributed by atoms with Crippen LogP contribution in [0.15, 0.2) is 22.7 Å². The summed E-state index contributed by atoms with van der Waals surface area (Å²) in [5.41, 5.74) is 0.482. The van der Waals surface area contributed by atoms with Crippen molar-refractivity contribution < 1.29 is 14.3 Å². The monoisotopic (exact) mass is 333 g/mol. The summed E-state index contributed by atoms with van der Waals surface area (Å²) in [6.07, 6.45) is 0.170. The van der Waals surface area contributed by atoms with E-state index in [1.54, 1.807) is 25.2 Å². The summed E-state index contributed by atoms with van der Waals surface area (Å²) in [4.78, 5) is 24.5. The summed E-state index contributed by atoms with van der Waals surface area (Å²) >= 11 is 9.18. The zero-order valence-corrected chi connectivity index (χ0v) is 12.4. The molecule has 1 aromatic carbocycles. The van der Waals surface area contributed by atoms with Crippen molar-refractivity contribution in [3.05, 3.63) is 33.3 Å². The molecule has 0 spiro atoms. The van der Waals surface area contributed by atoms with Gasteiger partial charge in [0.05, 0.1) is 18.6 Å². The van der Waals surface area contributed by atoms with Crippen molar-refractivity contribution in [3.8, 4) is 0 Å². The molecule has 0 heterocycles. The van der Waals surface area contributed by atoms with Crippen LogP contribution in [0.5, 0.6) is 0 Å². The molecule has 0 unspecified atom stereocenters. The Balaban J connectivity index is 2.68. The average molecular weight is 335 g/mol. The van der Waals surface area contributed by atoms with Gasteiger partial charge in [-0.25, -0.2) is 0 Å². The van der Waals surface area contributed by atoms with E-state index in [4.69, 9.17) is 11.6 Å². The Hall–Kier alpha value is -1.07. The number of nitrogens with zero attached hydrogens (tertiary/aromatic N) is 1. The maximum Gasteiger partial charge on any atom is 0.307 e. The summed E-state index contributed by atoms with van der Waals surface area (Å²) in [6, 6.07) is 4.97. The molecule has 0 aliphatic heterocycles. The Kier molecular flexibility index (Phi) is 5.62. The third kappa shape index (κ3) is 3.99. The van der Waals surface area contributed by atoms with Crippen molar-refractivity contribution >= 4 is 39.4 Å². The molecule has 6 heteroatoms. The Labute approximate surface area is 119 Å². The number of halogens is 2. The van der Waals surface area contributed by atoms with Crippen LogP contribution >= 0.6 is 27.5 Å². The van der Waals surface area contributed by atoms with Crippen molar-refractivity contribution in [2.24, 2.45) is 0 Å². The molecular weight excluding hydrogens is 321 g/mol. The molecule has 0 aromatic heterocycles. The summed E-state index contributed by atoms with van der Waals surface area (Å²) in [6.45, 7) is 0.305. The Morgan fingerprint density at radius 2 is 2.11 bits per heavy atom. The zero-order valence-electron chi connectivity index (χ0n) is 10.1. The summed E-state index contributed by atoms with van der Waals surface area (Å²) in [7, 11) is 2.94. The highest BCUT2D eigenvalue weighted by atomic mass is 79.9. The van der Waals surface area contributed by atoms with E-state index < -0.39 is 0 Å². The smallest absolute Gasteiger partial charge is 0.307 e. The molecule has 0 saturated carbocycles. The number of amides is 1. The largest absolute Gasteiger partial charge is 0.469 e. The van der Waals surface area contributed by atoms with Crippen molar-refractivity contribution in [1.29, 1.82) is 0 Å². The maximum atomic E-state index is 12.0. The van der Waals surface area contributed by atoms with E-state index in [1.807, 2.05) is 0 Å². The first-order chi connectivity index (χ1) is 8.45. The van der Waals surface area contributed by atoms with Gasteiger partial charge >= 0.3 is 5.97 Å². The lowest BCUT2D eigenvalue weighted by atomic mass is 10.2. The molecule has 0 saturated heterocycles. The molecule has 0 N–H and O–H groups in total. The zero-order chi connectivity index (χ0) is 13.7. The van der Waals surface area contributed by atoms with Crippen molar-refractivity contribution in [1.82, 2.24) is 4.90 Å². The fourth-order valence-corrected chi connectivity index (χ4v) is 1.74. The van der Waals surface area contributed by atoms with E-state index in [-0.39, 0.29) is 18.3 Å². The molecule has 98 valence electrons. The van der Waals surface area contributed by atoms with E-state index in [0.717, 1.165) is 4.47 Å². The number of rotatable bonds is 4. The molecule has 0 fully saturated rings. The SMILES string of the molecule is COC(=O)CCN(C)C(=O)c1ccc(Br)c(Cl)c1. The van der Waals surface area contributed by atoms with Crippen LogP contribution in [0.1, 0.15) is 16.8 Å². The minimum atomic E-state index is -0.344. The topological polar surface area (TPSA) is 46.6 Å². The molecule has 0 atom stereocenters. The van der Waals surface area contributed by atoms with E-state index in [2.05, 4.69) is 20.7 Å². The third-order valence-corrected chi connectivity index (χ3v) is 3.62. The molecule has 4 nitrogen and oxygen atoms in total. The Bertz CT molecular complexity index is 465. The van der Waals surface area contributed by atoms with E-state index >= 15 is 0 Å². The minimum Gasteiger partial charge on any atom is -0.469 e. The number of hydrogen-bond acceptors (Lipinski definition) is 3. The summed E-state index contributed by atoms with van der Waals surface area (Å²) in [5.74, 6) is -0.531. The van der Waals surface area contributed by atoms with Gasteiger partial charge in [-0.3, -0.25) is 9.59 Å². The van der Waals surface area contributed by atoms with Gasteiger partial charge in [0, 0.05) is 23.6 Å². The first-order valence-corrected chi connectivity index (χ1v) is 6.40. The Morgan fingerprint density at radius 1 is 1.44 bits per heavy atom. The van der Waals surface area contributed by atoms with Crippen LogP contribution in [0, 0.1) is 0 Å². The molecule has 18 heavy (non-hydrogen) atoms. The van der Waals surface area contributed by atoms with Crippen LogP contribution in [0.3, 0.4) is 0 Å². The quantitative estimate of drug-likeness (QED) is 0.795. The summed E-state index contributed by atoms with van der Waals surface area (Å²) < 4.78 is 5.25. The first-order valence-electron chi connectivity index (χ1n) is 5.23. The lowest BCUT2D eigenvalue weighted by Gasteiger charge is -2.16. The van der Waals surface area contributed by atoms with Crippen LogP contribution in [-0.2, 0) is 9.53 Å². The molecule has 0 aliphatic carbocycles. The second-order valence-electron chi connectivity index (χ2n) is 3.68. The van der Waals surface area contributed by atoms with Gasteiger partial charge in [0.15, 0.2) is 0 Å². The molecule has 0 radical (unpaired) electrons. The van der Waals surface area contributed by atoms with Crippen molar-refractivity contribution in [2.45, 2.75) is 6.42 Å². The summed E-state index contributed by atoms with van der Waals surface area (Å²) in [5, 5.41) is 0.474. The van der Waals surface area contributed by atoms with Gasteiger partial charge in [0.2, 0.25) is 0 Å². The third-order valence-electron chi connectivity index (χ3n) is 2.39. The van der Waals surface area contributed by atoms with Gasteiger partial charge in [-0.2, -0.15) is 0 Å². The molecular formula is C12H13BrClNO3.